The molecule has 0 aliphatic carbocycles. The molecule has 0 bridgehead atoms. The SMILES string of the molecule is [Cu].c1ccc(-c2ccccn2)nc1.c1ccc(-c2cccnc2-c2ccccn2)nc1. The van der Waals surface area contributed by atoms with Crippen molar-refractivity contribution in [3.05, 3.63) is 116 Å². The van der Waals surface area contributed by atoms with Gasteiger partial charge in [0.2, 0.25) is 0 Å². The topological polar surface area (TPSA) is 64.5 Å². The molecule has 0 aromatic carbocycles. The van der Waals surface area contributed by atoms with Gasteiger partial charge in [-0.3, -0.25) is 24.9 Å². The Morgan fingerprint density at radius 2 is 0.774 bits per heavy atom. The summed E-state index contributed by atoms with van der Waals surface area (Å²) < 4.78 is 0. The largest absolute Gasteiger partial charge is 0.256 e. The summed E-state index contributed by atoms with van der Waals surface area (Å²) >= 11 is 0. The standard InChI is InChI=1S/C15H11N3.C10H8N2.Cu/c1-3-9-16-13(7-1)12-6-5-11-18-15(12)14-8-2-4-10-17-14;1-3-7-11-9(5-1)10-6-2-4-8-12-10;/h1-11H;1-8H;. The minimum Gasteiger partial charge on any atom is -0.256 e. The quantitative estimate of drug-likeness (QED) is 0.345. The monoisotopic (exact) mass is 452 g/mol. The van der Waals surface area contributed by atoms with Crippen LogP contribution in [-0.4, -0.2) is 24.9 Å². The van der Waals surface area contributed by atoms with E-state index in [-0.39, 0.29) is 17.1 Å². The summed E-state index contributed by atoms with van der Waals surface area (Å²) in [5, 5.41) is 0. The van der Waals surface area contributed by atoms with Crippen LogP contribution in [0.3, 0.4) is 0 Å². The van der Waals surface area contributed by atoms with Crippen LogP contribution in [0.15, 0.2) is 116 Å². The fraction of sp³-hybridized carbons (Fsp3) is 0. The molecule has 6 heteroatoms. The van der Waals surface area contributed by atoms with E-state index in [0.717, 1.165) is 34.0 Å². The second-order valence-corrected chi connectivity index (χ2v) is 6.26. The molecule has 0 spiro atoms. The summed E-state index contributed by atoms with van der Waals surface area (Å²) in [6.45, 7) is 0. The van der Waals surface area contributed by atoms with Gasteiger partial charge in [0.1, 0.15) is 0 Å². The first-order valence-electron chi connectivity index (χ1n) is 9.52. The molecule has 0 saturated carbocycles. The van der Waals surface area contributed by atoms with Crippen molar-refractivity contribution in [1.82, 2.24) is 24.9 Å². The Morgan fingerprint density at radius 3 is 1.23 bits per heavy atom. The van der Waals surface area contributed by atoms with E-state index < -0.39 is 0 Å². The predicted octanol–water partition coefficient (Wildman–Crippen LogP) is 5.35. The normalized spacial score (nSPS) is 9.68. The van der Waals surface area contributed by atoms with Crippen LogP contribution in [0.4, 0.5) is 0 Å². The molecular weight excluding hydrogens is 434 g/mol. The molecule has 31 heavy (non-hydrogen) atoms. The summed E-state index contributed by atoms with van der Waals surface area (Å²) in [6.07, 6.45) is 8.86. The zero-order valence-electron chi connectivity index (χ0n) is 16.5. The molecule has 5 nitrogen and oxygen atoms in total. The Balaban J connectivity index is 0.000000183. The van der Waals surface area contributed by atoms with Crippen molar-refractivity contribution in [2.24, 2.45) is 0 Å². The predicted molar refractivity (Wildman–Crippen MR) is 118 cm³/mol. The van der Waals surface area contributed by atoms with Gasteiger partial charge < -0.3 is 0 Å². The van der Waals surface area contributed by atoms with Crippen molar-refractivity contribution in [1.29, 1.82) is 0 Å². The van der Waals surface area contributed by atoms with Crippen LogP contribution in [0.1, 0.15) is 0 Å². The number of aromatic nitrogens is 5. The molecule has 5 heterocycles. The van der Waals surface area contributed by atoms with Crippen molar-refractivity contribution in [3.63, 3.8) is 0 Å². The molecule has 0 amide bonds. The van der Waals surface area contributed by atoms with E-state index in [0.29, 0.717) is 0 Å². The van der Waals surface area contributed by atoms with Gasteiger partial charge >= 0.3 is 0 Å². The molecule has 5 rings (SSSR count). The molecular formula is C25H19CuN5. The van der Waals surface area contributed by atoms with E-state index >= 15 is 0 Å². The number of pyridine rings is 5. The summed E-state index contributed by atoms with van der Waals surface area (Å²) in [5.41, 5.74) is 5.45. The zero-order chi connectivity index (χ0) is 20.4. The van der Waals surface area contributed by atoms with Crippen LogP contribution in [0, 0.1) is 0 Å². The van der Waals surface area contributed by atoms with Gasteiger partial charge in [-0.15, -0.1) is 0 Å². The minimum absolute atomic E-state index is 0. The summed E-state index contributed by atoms with van der Waals surface area (Å²) in [6, 6.07) is 27.2. The summed E-state index contributed by atoms with van der Waals surface area (Å²) in [4.78, 5) is 21.5. The van der Waals surface area contributed by atoms with Crippen LogP contribution in [0.5, 0.6) is 0 Å². The maximum atomic E-state index is 4.42. The second kappa shape index (κ2) is 11.5. The maximum Gasteiger partial charge on any atom is 0.0980 e. The van der Waals surface area contributed by atoms with Crippen LogP contribution < -0.4 is 0 Å². The smallest absolute Gasteiger partial charge is 0.0980 e. The Bertz CT molecular complexity index is 1080. The molecule has 5 aromatic rings. The molecule has 0 unspecified atom stereocenters. The van der Waals surface area contributed by atoms with E-state index in [1.54, 1.807) is 31.0 Å². The fourth-order valence-electron chi connectivity index (χ4n) is 2.87. The molecule has 0 aliphatic heterocycles. The molecule has 0 saturated heterocycles. The van der Waals surface area contributed by atoms with Crippen molar-refractivity contribution in [3.8, 4) is 34.0 Å². The first-order valence-corrected chi connectivity index (χ1v) is 9.52. The van der Waals surface area contributed by atoms with E-state index in [2.05, 4.69) is 24.9 Å². The molecule has 1 radical (unpaired) electrons. The van der Waals surface area contributed by atoms with Gasteiger partial charge in [-0.2, -0.15) is 0 Å². The van der Waals surface area contributed by atoms with Gasteiger partial charge in [-0.1, -0.05) is 24.3 Å². The van der Waals surface area contributed by atoms with Gasteiger partial charge in [-0.25, -0.2) is 0 Å². The Labute approximate surface area is 191 Å². The van der Waals surface area contributed by atoms with Gasteiger partial charge in [0.15, 0.2) is 0 Å². The second-order valence-electron chi connectivity index (χ2n) is 6.26. The number of hydrogen-bond donors (Lipinski definition) is 0. The van der Waals surface area contributed by atoms with E-state index in [4.69, 9.17) is 0 Å². The third-order valence-corrected chi connectivity index (χ3v) is 4.25. The third-order valence-electron chi connectivity index (χ3n) is 4.25. The van der Waals surface area contributed by atoms with Crippen LogP contribution >= 0.6 is 0 Å². The zero-order valence-corrected chi connectivity index (χ0v) is 17.4. The van der Waals surface area contributed by atoms with Crippen molar-refractivity contribution >= 4 is 0 Å². The molecule has 155 valence electrons. The first-order chi connectivity index (χ1) is 14.9. The summed E-state index contributed by atoms with van der Waals surface area (Å²) in [5.74, 6) is 0. The van der Waals surface area contributed by atoms with E-state index in [1.807, 2.05) is 84.9 Å². The Kier molecular flexibility index (Phi) is 8.12. The minimum atomic E-state index is 0. The summed E-state index contributed by atoms with van der Waals surface area (Å²) in [7, 11) is 0. The van der Waals surface area contributed by atoms with E-state index in [1.165, 1.54) is 0 Å². The van der Waals surface area contributed by atoms with Crippen molar-refractivity contribution in [2.45, 2.75) is 0 Å². The maximum absolute atomic E-state index is 4.42. The molecule has 0 atom stereocenters. The van der Waals surface area contributed by atoms with Gasteiger partial charge in [0, 0.05) is 53.6 Å². The Hall–Kier alpha value is -3.73. The first kappa shape index (κ1) is 22.0. The number of rotatable bonds is 3. The fourth-order valence-corrected chi connectivity index (χ4v) is 2.87. The average molecular weight is 453 g/mol. The number of nitrogens with zero attached hydrogens (tertiary/aromatic N) is 5. The van der Waals surface area contributed by atoms with Crippen LogP contribution in [-0.2, 0) is 17.1 Å². The molecule has 5 aromatic heterocycles. The average Bonchev–Trinajstić information content (AvgIpc) is 2.87. The van der Waals surface area contributed by atoms with Crippen molar-refractivity contribution < 1.29 is 17.1 Å². The molecule has 0 N–H and O–H groups in total. The molecule has 0 aliphatic rings. The van der Waals surface area contributed by atoms with Crippen LogP contribution in [0.25, 0.3) is 34.0 Å². The van der Waals surface area contributed by atoms with Crippen molar-refractivity contribution in [2.75, 3.05) is 0 Å². The van der Waals surface area contributed by atoms with Crippen LogP contribution in [0.2, 0.25) is 0 Å². The Morgan fingerprint density at radius 1 is 0.355 bits per heavy atom. The van der Waals surface area contributed by atoms with Gasteiger partial charge in [-0.05, 0) is 60.7 Å². The van der Waals surface area contributed by atoms with E-state index in [9.17, 15) is 0 Å². The molecule has 0 fully saturated rings. The van der Waals surface area contributed by atoms with Gasteiger partial charge in [0.05, 0.1) is 28.5 Å². The number of hydrogen-bond acceptors (Lipinski definition) is 5. The third kappa shape index (κ3) is 5.89. The van der Waals surface area contributed by atoms with Gasteiger partial charge in [0.25, 0.3) is 0 Å².